The fraction of sp³-hybridized carbons (Fsp3) is 0.571. The SMILES string of the molecule is CCCNCc1cc(F)ccc1OC(C)CC. The van der Waals surface area contributed by atoms with E-state index in [0.717, 1.165) is 30.7 Å². The molecular formula is C14H22FNO. The van der Waals surface area contributed by atoms with E-state index >= 15 is 0 Å². The second-order valence-electron chi connectivity index (χ2n) is 4.27. The minimum absolute atomic E-state index is 0.158. The lowest BCUT2D eigenvalue weighted by Crippen LogP contribution is -2.17. The molecule has 0 saturated carbocycles. The average Bonchev–Trinajstić information content (AvgIpc) is 2.32. The molecule has 0 amide bonds. The molecule has 0 heterocycles. The van der Waals surface area contributed by atoms with Crippen molar-refractivity contribution in [2.24, 2.45) is 0 Å². The molecular weight excluding hydrogens is 217 g/mol. The molecule has 96 valence electrons. The van der Waals surface area contributed by atoms with Crippen LogP contribution in [0.1, 0.15) is 39.2 Å². The van der Waals surface area contributed by atoms with Gasteiger partial charge < -0.3 is 10.1 Å². The third-order valence-electron chi connectivity index (χ3n) is 2.67. The number of nitrogens with one attached hydrogen (secondary N) is 1. The van der Waals surface area contributed by atoms with Crippen molar-refractivity contribution in [2.45, 2.75) is 46.3 Å². The summed E-state index contributed by atoms with van der Waals surface area (Å²) in [7, 11) is 0. The highest BCUT2D eigenvalue weighted by Gasteiger charge is 2.08. The Bertz CT molecular complexity index is 341. The molecule has 0 aromatic heterocycles. The average molecular weight is 239 g/mol. The lowest BCUT2D eigenvalue weighted by molar-refractivity contribution is 0.214. The minimum atomic E-state index is -0.213. The van der Waals surface area contributed by atoms with E-state index in [2.05, 4.69) is 19.2 Å². The molecule has 1 atom stereocenters. The van der Waals surface area contributed by atoms with Crippen LogP contribution in [0.3, 0.4) is 0 Å². The first-order chi connectivity index (χ1) is 8.17. The molecule has 1 rings (SSSR count). The molecule has 0 aliphatic heterocycles. The lowest BCUT2D eigenvalue weighted by atomic mass is 10.2. The van der Waals surface area contributed by atoms with Gasteiger partial charge in [0, 0.05) is 12.1 Å². The van der Waals surface area contributed by atoms with Crippen molar-refractivity contribution in [1.29, 1.82) is 0 Å². The van der Waals surface area contributed by atoms with Gasteiger partial charge in [0.25, 0.3) is 0 Å². The predicted molar refractivity (Wildman–Crippen MR) is 68.8 cm³/mol. The monoisotopic (exact) mass is 239 g/mol. The summed E-state index contributed by atoms with van der Waals surface area (Å²) >= 11 is 0. The first-order valence-electron chi connectivity index (χ1n) is 6.33. The summed E-state index contributed by atoms with van der Waals surface area (Å²) in [5.41, 5.74) is 0.888. The third kappa shape index (κ3) is 4.73. The van der Waals surface area contributed by atoms with Gasteiger partial charge in [-0.05, 0) is 44.5 Å². The third-order valence-corrected chi connectivity index (χ3v) is 2.67. The van der Waals surface area contributed by atoms with Gasteiger partial charge in [0.05, 0.1) is 6.10 Å². The summed E-state index contributed by atoms with van der Waals surface area (Å²) in [6.07, 6.45) is 2.17. The minimum Gasteiger partial charge on any atom is -0.490 e. The molecule has 0 saturated heterocycles. The zero-order valence-electron chi connectivity index (χ0n) is 10.9. The van der Waals surface area contributed by atoms with Gasteiger partial charge >= 0.3 is 0 Å². The summed E-state index contributed by atoms with van der Waals surface area (Å²) in [5.74, 6) is 0.569. The molecule has 0 radical (unpaired) electrons. The van der Waals surface area contributed by atoms with Gasteiger partial charge in [-0.15, -0.1) is 0 Å². The Morgan fingerprint density at radius 2 is 2.12 bits per heavy atom. The molecule has 1 aromatic carbocycles. The normalized spacial score (nSPS) is 12.5. The van der Waals surface area contributed by atoms with Crippen LogP contribution >= 0.6 is 0 Å². The van der Waals surface area contributed by atoms with Crippen molar-refractivity contribution in [3.8, 4) is 5.75 Å². The number of hydrogen-bond donors (Lipinski definition) is 1. The van der Waals surface area contributed by atoms with Crippen molar-refractivity contribution >= 4 is 0 Å². The Hall–Kier alpha value is -1.09. The van der Waals surface area contributed by atoms with Crippen molar-refractivity contribution in [2.75, 3.05) is 6.54 Å². The molecule has 0 fully saturated rings. The van der Waals surface area contributed by atoms with Crippen LogP contribution in [0.4, 0.5) is 4.39 Å². The second-order valence-corrected chi connectivity index (χ2v) is 4.27. The van der Waals surface area contributed by atoms with Gasteiger partial charge in [-0.1, -0.05) is 13.8 Å². The van der Waals surface area contributed by atoms with Gasteiger partial charge in [-0.3, -0.25) is 0 Å². The maximum atomic E-state index is 13.2. The molecule has 1 unspecified atom stereocenters. The maximum absolute atomic E-state index is 13.2. The van der Waals surface area contributed by atoms with E-state index in [-0.39, 0.29) is 11.9 Å². The molecule has 0 aliphatic carbocycles. The Morgan fingerprint density at radius 3 is 2.76 bits per heavy atom. The summed E-state index contributed by atoms with van der Waals surface area (Å²) in [6.45, 7) is 7.78. The number of benzene rings is 1. The summed E-state index contributed by atoms with van der Waals surface area (Å²) in [6, 6.07) is 4.70. The molecule has 3 heteroatoms. The first kappa shape index (κ1) is 14.0. The van der Waals surface area contributed by atoms with Crippen molar-refractivity contribution < 1.29 is 9.13 Å². The quantitative estimate of drug-likeness (QED) is 0.735. The van der Waals surface area contributed by atoms with Crippen molar-refractivity contribution in [3.63, 3.8) is 0 Å². The molecule has 0 aliphatic rings. The van der Waals surface area contributed by atoms with Crippen LogP contribution in [-0.4, -0.2) is 12.6 Å². The van der Waals surface area contributed by atoms with E-state index in [9.17, 15) is 4.39 Å². The Morgan fingerprint density at radius 1 is 1.35 bits per heavy atom. The molecule has 1 N–H and O–H groups in total. The summed E-state index contributed by atoms with van der Waals surface area (Å²) < 4.78 is 19.0. The highest BCUT2D eigenvalue weighted by Crippen LogP contribution is 2.21. The van der Waals surface area contributed by atoms with Crippen molar-refractivity contribution in [3.05, 3.63) is 29.6 Å². The number of ether oxygens (including phenoxy) is 1. The molecule has 0 bridgehead atoms. The van der Waals surface area contributed by atoms with Crippen LogP contribution in [-0.2, 0) is 6.54 Å². The summed E-state index contributed by atoms with van der Waals surface area (Å²) in [5, 5.41) is 3.26. The molecule has 0 spiro atoms. The fourth-order valence-electron chi connectivity index (χ4n) is 1.50. The van der Waals surface area contributed by atoms with Gasteiger partial charge in [-0.2, -0.15) is 0 Å². The van der Waals surface area contributed by atoms with Crippen LogP contribution in [0.25, 0.3) is 0 Å². The highest BCUT2D eigenvalue weighted by molar-refractivity contribution is 5.34. The van der Waals surface area contributed by atoms with E-state index in [1.54, 1.807) is 12.1 Å². The van der Waals surface area contributed by atoms with Gasteiger partial charge in [-0.25, -0.2) is 4.39 Å². The smallest absolute Gasteiger partial charge is 0.124 e. The van der Waals surface area contributed by atoms with E-state index in [1.807, 2.05) is 6.92 Å². The Labute approximate surface area is 103 Å². The second kappa shape index (κ2) is 7.28. The van der Waals surface area contributed by atoms with Gasteiger partial charge in [0.15, 0.2) is 0 Å². The van der Waals surface area contributed by atoms with Crippen molar-refractivity contribution in [1.82, 2.24) is 5.32 Å². The van der Waals surface area contributed by atoms with Crippen LogP contribution < -0.4 is 10.1 Å². The highest BCUT2D eigenvalue weighted by atomic mass is 19.1. The lowest BCUT2D eigenvalue weighted by Gasteiger charge is -2.16. The Kier molecular flexibility index (Phi) is 5.98. The topological polar surface area (TPSA) is 21.3 Å². The fourth-order valence-corrected chi connectivity index (χ4v) is 1.50. The number of hydrogen-bond acceptors (Lipinski definition) is 2. The van der Waals surface area contributed by atoms with E-state index in [4.69, 9.17) is 4.74 Å². The number of halogens is 1. The van der Waals surface area contributed by atoms with Gasteiger partial charge in [0.2, 0.25) is 0 Å². The van der Waals surface area contributed by atoms with Crippen LogP contribution in [0.15, 0.2) is 18.2 Å². The zero-order valence-corrected chi connectivity index (χ0v) is 10.9. The predicted octanol–water partition coefficient (Wildman–Crippen LogP) is 3.50. The van der Waals surface area contributed by atoms with E-state index in [0.29, 0.717) is 6.54 Å². The van der Waals surface area contributed by atoms with Crippen LogP contribution in [0.2, 0.25) is 0 Å². The van der Waals surface area contributed by atoms with Crippen LogP contribution in [0.5, 0.6) is 5.75 Å². The van der Waals surface area contributed by atoms with Crippen LogP contribution in [0, 0.1) is 5.82 Å². The van der Waals surface area contributed by atoms with Gasteiger partial charge in [0.1, 0.15) is 11.6 Å². The molecule has 17 heavy (non-hydrogen) atoms. The van der Waals surface area contributed by atoms with E-state index in [1.165, 1.54) is 6.07 Å². The van der Waals surface area contributed by atoms with E-state index < -0.39 is 0 Å². The standard InChI is InChI=1S/C14H22FNO/c1-4-8-16-10-12-9-13(15)6-7-14(12)17-11(3)5-2/h6-7,9,11,16H,4-5,8,10H2,1-3H3. The molecule has 2 nitrogen and oxygen atoms in total. The summed E-state index contributed by atoms with van der Waals surface area (Å²) in [4.78, 5) is 0. The maximum Gasteiger partial charge on any atom is 0.124 e. The zero-order chi connectivity index (χ0) is 12.7. The largest absolute Gasteiger partial charge is 0.490 e. The first-order valence-corrected chi connectivity index (χ1v) is 6.33. The number of rotatable bonds is 7. The Balaban J connectivity index is 2.72. The molecule has 1 aromatic rings.